The quantitative estimate of drug-likeness (QED) is 0.133. The standard InChI is InChI=1S/2C24H20N2O2/c2*1-15-10-12-23(27)18(13-15)20-6-4-8-22(26-20)21-7-3-5-19(25-21)17-11-9-16(2)14-24(17)28/h2*3-14,27-28H,1-2H3. The second-order valence-corrected chi connectivity index (χ2v) is 13.7. The van der Waals surface area contributed by atoms with E-state index in [1.54, 1.807) is 24.3 Å². The molecule has 4 aromatic heterocycles. The van der Waals surface area contributed by atoms with E-state index in [0.717, 1.165) is 22.3 Å². The number of phenols is 4. The summed E-state index contributed by atoms with van der Waals surface area (Å²) in [5.74, 6) is 0.801. The maximum absolute atomic E-state index is 10.3. The fourth-order valence-corrected chi connectivity index (χ4v) is 6.34. The number of phenolic OH excluding ortho intramolecular Hbond substituents is 4. The number of aromatic nitrogens is 4. The summed E-state index contributed by atoms with van der Waals surface area (Å²) in [6.45, 7) is 7.82. The Morgan fingerprint density at radius 1 is 0.268 bits per heavy atom. The molecule has 56 heavy (non-hydrogen) atoms. The van der Waals surface area contributed by atoms with Crippen LogP contribution in [0.15, 0.2) is 146 Å². The molecule has 276 valence electrons. The summed E-state index contributed by atoms with van der Waals surface area (Å²) in [6.07, 6.45) is 0. The maximum Gasteiger partial charge on any atom is 0.125 e. The predicted octanol–water partition coefficient (Wildman–Crippen LogP) is 11.0. The summed E-state index contributed by atoms with van der Waals surface area (Å²) >= 11 is 0. The van der Waals surface area contributed by atoms with E-state index in [-0.39, 0.29) is 23.0 Å². The molecule has 0 atom stereocenters. The number of hydrogen-bond donors (Lipinski definition) is 4. The molecule has 8 rings (SSSR count). The van der Waals surface area contributed by atoms with Crippen molar-refractivity contribution in [2.24, 2.45) is 0 Å². The lowest BCUT2D eigenvalue weighted by atomic mass is 10.1. The largest absolute Gasteiger partial charge is 0.507 e. The number of hydrogen-bond acceptors (Lipinski definition) is 8. The van der Waals surface area contributed by atoms with E-state index < -0.39 is 0 Å². The molecule has 0 aliphatic carbocycles. The Bertz CT molecular complexity index is 2520. The van der Waals surface area contributed by atoms with Gasteiger partial charge < -0.3 is 20.4 Å². The van der Waals surface area contributed by atoms with Gasteiger partial charge in [-0.25, -0.2) is 19.9 Å². The fraction of sp³-hybridized carbons (Fsp3) is 0.0833. The molecular formula is C48H40N4O4. The molecule has 0 spiro atoms. The molecule has 0 saturated carbocycles. The fourth-order valence-electron chi connectivity index (χ4n) is 6.34. The average molecular weight is 737 g/mol. The Labute approximate surface area is 325 Å². The van der Waals surface area contributed by atoms with Crippen LogP contribution >= 0.6 is 0 Å². The number of rotatable bonds is 6. The van der Waals surface area contributed by atoms with E-state index in [2.05, 4.69) is 0 Å². The molecule has 4 heterocycles. The van der Waals surface area contributed by atoms with Crippen LogP contribution in [0.5, 0.6) is 23.0 Å². The van der Waals surface area contributed by atoms with Gasteiger partial charge >= 0.3 is 0 Å². The second-order valence-electron chi connectivity index (χ2n) is 13.7. The summed E-state index contributed by atoms with van der Waals surface area (Å²) in [6, 6.07) is 44.6. The lowest BCUT2D eigenvalue weighted by Gasteiger charge is -2.09. The van der Waals surface area contributed by atoms with Gasteiger partial charge in [-0.3, -0.25) is 0 Å². The second kappa shape index (κ2) is 16.0. The van der Waals surface area contributed by atoms with Gasteiger partial charge in [0.05, 0.1) is 45.6 Å². The van der Waals surface area contributed by atoms with Crippen LogP contribution in [0.4, 0.5) is 0 Å². The third-order valence-corrected chi connectivity index (χ3v) is 9.24. The van der Waals surface area contributed by atoms with Crippen molar-refractivity contribution < 1.29 is 20.4 Å². The Hall–Kier alpha value is -7.32. The summed E-state index contributed by atoms with van der Waals surface area (Å²) in [7, 11) is 0. The van der Waals surface area contributed by atoms with Crippen molar-refractivity contribution in [3.8, 4) is 90.8 Å². The first-order chi connectivity index (χ1) is 27.0. The number of benzene rings is 4. The molecule has 0 aliphatic rings. The molecule has 0 radical (unpaired) electrons. The highest BCUT2D eigenvalue weighted by molar-refractivity contribution is 5.74. The highest BCUT2D eigenvalue weighted by Crippen LogP contribution is 2.34. The van der Waals surface area contributed by atoms with E-state index in [1.807, 2.05) is 149 Å². The van der Waals surface area contributed by atoms with Crippen LogP contribution in [0, 0.1) is 27.7 Å². The summed E-state index contributed by atoms with van der Waals surface area (Å²) in [5, 5.41) is 41.0. The van der Waals surface area contributed by atoms with Gasteiger partial charge in [-0.1, -0.05) is 59.7 Å². The number of aromatic hydroxyl groups is 4. The molecule has 8 nitrogen and oxygen atoms in total. The molecule has 0 saturated heterocycles. The van der Waals surface area contributed by atoms with Crippen molar-refractivity contribution in [1.82, 2.24) is 19.9 Å². The van der Waals surface area contributed by atoms with Crippen molar-refractivity contribution in [1.29, 1.82) is 0 Å². The van der Waals surface area contributed by atoms with E-state index in [1.165, 1.54) is 0 Å². The van der Waals surface area contributed by atoms with Crippen molar-refractivity contribution in [3.63, 3.8) is 0 Å². The van der Waals surface area contributed by atoms with E-state index >= 15 is 0 Å². The van der Waals surface area contributed by atoms with Gasteiger partial charge in [0.15, 0.2) is 0 Å². The van der Waals surface area contributed by atoms with Crippen LogP contribution in [0.25, 0.3) is 67.8 Å². The zero-order valence-corrected chi connectivity index (χ0v) is 31.4. The van der Waals surface area contributed by atoms with Crippen molar-refractivity contribution in [2.45, 2.75) is 27.7 Å². The van der Waals surface area contributed by atoms with Gasteiger partial charge in [-0.2, -0.15) is 0 Å². The van der Waals surface area contributed by atoms with Gasteiger partial charge in [0.1, 0.15) is 23.0 Å². The van der Waals surface area contributed by atoms with Gasteiger partial charge in [0, 0.05) is 22.3 Å². The monoisotopic (exact) mass is 736 g/mol. The Kier molecular flexibility index (Phi) is 10.5. The van der Waals surface area contributed by atoms with Gasteiger partial charge in [0.25, 0.3) is 0 Å². The minimum Gasteiger partial charge on any atom is -0.507 e. The minimum atomic E-state index is 0.196. The lowest BCUT2D eigenvalue weighted by molar-refractivity contribution is 0.476. The zero-order chi connectivity index (χ0) is 39.3. The maximum atomic E-state index is 10.3. The Balaban J connectivity index is 0.000000172. The molecule has 8 heteroatoms. The molecule has 0 unspecified atom stereocenters. The highest BCUT2D eigenvalue weighted by atomic mass is 16.3. The van der Waals surface area contributed by atoms with Crippen molar-refractivity contribution >= 4 is 0 Å². The predicted molar refractivity (Wildman–Crippen MR) is 222 cm³/mol. The molecule has 0 bridgehead atoms. The van der Waals surface area contributed by atoms with Gasteiger partial charge in [-0.05, 0) is 136 Å². The van der Waals surface area contributed by atoms with Crippen LogP contribution in [-0.2, 0) is 0 Å². The molecule has 4 aromatic carbocycles. The number of aryl methyl sites for hydroxylation is 4. The molecule has 8 aromatic rings. The first-order valence-corrected chi connectivity index (χ1v) is 18.1. The summed E-state index contributed by atoms with van der Waals surface area (Å²) in [4.78, 5) is 18.8. The first kappa shape index (κ1) is 37.0. The van der Waals surface area contributed by atoms with Gasteiger partial charge in [-0.15, -0.1) is 0 Å². The van der Waals surface area contributed by atoms with Crippen LogP contribution in [0.2, 0.25) is 0 Å². The molecular weight excluding hydrogens is 697 g/mol. The normalized spacial score (nSPS) is 10.8. The van der Waals surface area contributed by atoms with Gasteiger partial charge in [0.2, 0.25) is 0 Å². The smallest absolute Gasteiger partial charge is 0.125 e. The van der Waals surface area contributed by atoms with E-state index in [4.69, 9.17) is 19.9 Å². The van der Waals surface area contributed by atoms with Crippen LogP contribution in [0.1, 0.15) is 22.3 Å². The SMILES string of the molecule is Cc1ccc(-c2cccc(-c3cccc(-c4cc(C)ccc4O)n3)n2)c(O)c1.Cc1ccc(-c2cccc(-c3cccc(-c4cc(C)ccc4O)n3)n2)c(O)c1. The third-order valence-electron chi connectivity index (χ3n) is 9.24. The average Bonchev–Trinajstić information content (AvgIpc) is 3.20. The minimum absolute atomic E-state index is 0.196. The molecule has 0 aliphatic heterocycles. The molecule has 0 fully saturated rings. The summed E-state index contributed by atoms with van der Waals surface area (Å²) < 4.78 is 0. The Morgan fingerprint density at radius 3 is 0.857 bits per heavy atom. The van der Waals surface area contributed by atoms with Crippen LogP contribution < -0.4 is 0 Å². The number of nitrogens with zero attached hydrogens (tertiary/aromatic N) is 4. The zero-order valence-electron chi connectivity index (χ0n) is 31.4. The van der Waals surface area contributed by atoms with Crippen LogP contribution in [-0.4, -0.2) is 40.4 Å². The third kappa shape index (κ3) is 8.25. The van der Waals surface area contributed by atoms with E-state index in [9.17, 15) is 20.4 Å². The van der Waals surface area contributed by atoms with Crippen LogP contribution in [0.3, 0.4) is 0 Å². The lowest BCUT2D eigenvalue weighted by Crippen LogP contribution is -1.93. The topological polar surface area (TPSA) is 132 Å². The highest BCUT2D eigenvalue weighted by Gasteiger charge is 2.13. The van der Waals surface area contributed by atoms with Crippen molar-refractivity contribution in [2.75, 3.05) is 0 Å². The number of pyridine rings is 4. The molecule has 0 amide bonds. The first-order valence-electron chi connectivity index (χ1n) is 18.1. The summed E-state index contributed by atoms with van der Waals surface area (Å²) in [5.41, 5.74) is 12.4. The van der Waals surface area contributed by atoms with Crippen molar-refractivity contribution in [3.05, 3.63) is 168 Å². The van der Waals surface area contributed by atoms with E-state index in [0.29, 0.717) is 67.8 Å². The molecule has 4 N–H and O–H groups in total. The Morgan fingerprint density at radius 2 is 0.536 bits per heavy atom.